The zero-order valence-corrected chi connectivity index (χ0v) is 11.8. The monoisotopic (exact) mass is 301 g/mol. The van der Waals surface area contributed by atoms with E-state index in [1.165, 1.54) is 26.8 Å². The van der Waals surface area contributed by atoms with E-state index in [2.05, 4.69) is 0 Å². The maximum absolute atomic E-state index is 13.2. The minimum atomic E-state index is -3.36. The van der Waals surface area contributed by atoms with Crippen LogP contribution in [0.5, 0.6) is 5.75 Å². The predicted molar refractivity (Wildman–Crippen MR) is 71.9 cm³/mol. The van der Waals surface area contributed by atoms with Crippen LogP contribution in [0.25, 0.3) is 0 Å². The van der Waals surface area contributed by atoms with Crippen LogP contribution in [0.1, 0.15) is 6.42 Å². The zero-order chi connectivity index (χ0) is 14.5. The highest BCUT2D eigenvalue weighted by molar-refractivity contribution is 7.87. The standard InChI is InChI=1S/C12H16FN3O3S/c1-15-6-10-5-12(7-16(10)20(15,17)18)19-11-3-8(13)2-9(14)4-11/h2-4,10,12H,5-7,14H2,1H3. The van der Waals surface area contributed by atoms with Gasteiger partial charge < -0.3 is 10.5 Å². The summed E-state index contributed by atoms with van der Waals surface area (Å²) >= 11 is 0. The highest BCUT2D eigenvalue weighted by Crippen LogP contribution is 2.32. The van der Waals surface area contributed by atoms with E-state index in [0.29, 0.717) is 18.7 Å². The summed E-state index contributed by atoms with van der Waals surface area (Å²) in [6, 6.07) is 3.92. The van der Waals surface area contributed by atoms with Crippen molar-refractivity contribution in [3.8, 4) is 5.75 Å². The van der Waals surface area contributed by atoms with Gasteiger partial charge in [0.1, 0.15) is 17.7 Å². The topological polar surface area (TPSA) is 75.9 Å². The molecule has 1 aromatic carbocycles. The number of hydrogen-bond donors (Lipinski definition) is 1. The van der Waals surface area contributed by atoms with Gasteiger partial charge in [0.2, 0.25) is 0 Å². The quantitative estimate of drug-likeness (QED) is 0.803. The molecule has 0 aromatic heterocycles. The fourth-order valence-corrected chi connectivity index (χ4v) is 4.40. The number of nitrogens with two attached hydrogens (primary N) is 1. The van der Waals surface area contributed by atoms with Gasteiger partial charge in [-0.25, -0.2) is 4.39 Å². The molecule has 2 fully saturated rings. The van der Waals surface area contributed by atoms with Crippen molar-refractivity contribution in [3.63, 3.8) is 0 Å². The molecule has 8 heteroatoms. The fourth-order valence-electron chi connectivity index (χ4n) is 2.79. The first kappa shape index (κ1) is 13.6. The summed E-state index contributed by atoms with van der Waals surface area (Å²) in [5.74, 6) is -0.134. The van der Waals surface area contributed by atoms with E-state index in [0.717, 1.165) is 0 Å². The molecule has 2 aliphatic rings. The van der Waals surface area contributed by atoms with Gasteiger partial charge in [-0.3, -0.25) is 0 Å². The molecule has 3 rings (SSSR count). The molecule has 0 radical (unpaired) electrons. The number of nitrogens with zero attached hydrogens (tertiary/aromatic N) is 2. The number of likely N-dealkylation sites (N-methyl/N-ethyl adjacent to an activating group) is 1. The highest BCUT2D eigenvalue weighted by Gasteiger charge is 2.48. The lowest BCUT2D eigenvalue weighted by Crippen LogP contribution is -2.33. The number of ether oxygens (including phenoxy) is 1. The van der Waals surface area contributed by atoms with Crippen LogP contribution in [0.3, 0.4) is 0 Å². The number of benzene rings is 1. The first-order chi connectivity index (χ1) is 9.36. The smallest absolute Gasteiger partial charge is 0.282 e. The van der Waals surface area contributed by atoms with Gasteiger partial charge in [0, 0.05) is 43.9 Å². The highest BCUT2D eigenvalue weighted by atomic mass is 32.2. The van der Waals surface area contributed by atoms with Gasteiger partial charge in [-0.05, 0) is 6.07 Å². The molecule has 0 bridgehead atoms. The van der Waals surface area contributed by atoms with E-state index in [4.69, 9.17) is 10.5 Å². The summed E-state index contributed by atoms with van der Waals surface area (Å²) in [5.41, 5.74) is 5.84. The van der Waals surface area contributed by atoms with Crippen molar-refractivity contribution in [2.45, 2.75) is 18.6 Å². The summed E-state index contributed by atoms with van der Waals surface area (Å²) < 4.78 is 45.7. The summed E-state index contributed by atoms with van der Waals surface area (Å²) in [6.45, 7) is 0.751. The predicted octanol–water partition coefficient (Wildman–Crippen LogP) is 0.420. The molecule has 0 amide bonds. The van der Waals surface area contributed by atoms with Crippen molar-refractivity contribution in [2.75, 3.05) is 25.9 Å². The Morgan fingerprint density at radius 3 is 2.75 bits per heavy atom. The first-order valence-corrected chi connectivity index (χ1v) is 7.72. The number of halogens is 1. The second-order valence-electron chi connectivity index (χ2n) is 5.21. The molecule has 0 saturated carbocycles. The van der Waals surface area contributed by atoms with Crippen LogP contribution >= 0.6 is 0 Å². The second-order valence-corrected chi connectivity index (χ2v) is 7.20. The van der Waals surface area contributed by atoms with Gasteiger partial charge >= 0.3 is 0 Å². The minimum absolute atomic E-state index is 0.0686. The van der Waals surface area contributed by atoms with E-state index in [-0.39, 0.29) is 24.4 Å². The van der Waals surface area contributed by atoms with Gasteiger partial charge in [-0.15, -0.1) is 0 Å². The first-order valence-electron chi connectivity index (χ1n) is 6.32. The second kappa shape index (κ2) is 4.57. The summed E-state index contributed by atoms with van der Waals surface area (Å²) in [7, 11) is -1.79. The van der Waals surface area contributed by atoms with Crippen molar-refractivity contribution in [1.82, 2.24) is 8.61 Å². The molecular weight excluding hydrogens is 285 g/mol. The third-order valence-electron chi connectivity index (χ3n) is 3.68. The largest absolute Gasteiger partial charge is 0.489 e. The van der Waals surface area contributed by atoms with Crippen LogP contribution in [-0.4, -0.2) is 49.3 Å². The molecule has 6 nitrogen and oxygen atoms in total. The maximum atomic E-state index is 13.2. The lowest BCUT2D eigenvalue weighted by molar-refractivity contribution is 0.211. The molecule has 0 spiro atoms. The van der Waals surface area contributed by atoms with Gasteiger partial charge in [0.05, 0.1) is 6.54 Å². The van der Waals surface area contributed by atoms with Crippen molar-refractivity contribution >= 4 is 15.9 Å². The van der Waals surface area contributed by atoms with Gasteiger partial charge in [0.15, 0.2) is 0 Å². The Bertz CT molecular complexity index is 617. The number of anilines is 1. The Morgan fingerprint density at radius 1 is 1.35 bits per heavy atom. The Kier molecular flexibility index (Phi) is 3.11. The van der Waals surface area contributed by atoms with E-state index < -0.39 is 16.0 Å². The summed E-state index contributed by atoms with van der Waals surface area (Å²) in [4.78, 5) is 0. The average Bonchev–Trinajstić information content (AvgIpc) is 2.78. The lowest BCUT2D eigenvalue weighted by Gasteiger charge is -2.17. The number of hydrogen-bond acceptors (Lipinski definition) is 4. The van der Waals surface area contributed by atoms with Crippen LogP contribution in [-0.2, 0) is 10.2 Å². The van der Waals surface area contributed by atoms with Crippen LogP contribution in [0.4, 0.5) is 10.1 Å². The Morgan fingerprint density at radius 2 is 2.10 bits per heavy atom. The number of fused-ring (bicyclic) bond motifs is 1. The van der Waals surface area contributed by atoms with E-state index in [1.54, 1.807) is 7.05 Å². The van der Waals surface area contributed by atoms with Gasteiger partial charge in [-0.1, -0.05) is 0 Å². The average molecular weight is 301 g/mol. The minimum Gasteiger partial charge on any atom is -0.489 e. The van der Waals surface area contributed by atoms with Gasteiger partial charge in [-0.2, -0.15) is 17.0 Å². The summed E-state index contributed by atoms with van der Waals surface area (Å²) in [6.07, 6.45) is 0.324. The van der Waals surface area contributed by atoms with Crippen molar-refractivity contribution in [3.05, 3.63) is 24.0 Å². The van der Waals surface area contributed by atoms with Crippen LogP contribution < -0.4 is 10.5 Å². The molecule has 2 saturated heterocycles. The zero-order valence-electron chi connectivity index (χ0n) is 11.0. The molecule has 2 heterocycles. The number of nitrogen functional groups attached to an aromatic ring is 1. The molecule has 2 atom stereocenters. The van der Waals surface area contributed by atoms with E-state index >= 15 is 0 Å². The van der Waals surface area contributed by atoms with Crippen molar-refractivity contribution in [1.29, 1.82) is 0 Å². The van der Waals surface area contributed by atoms with Crippen molar-refractivity contribution < 1.29 is 17.5 Å². The third kappa shape index (κ3) is 2.23. The van der Waals surface area contributed by atoms with Crippen LogP contribution in [0.15, 0.2) is 18.2 Å². The lowest BCUT2D eigenvalue weighted by atomic mass is 10.2. The molecule has 0 aliphatic carbocycles. The maximum Gasteiger partial charge on any atom is 0.282 e. The van der Waals surface area contributed by atoms with Crippen LogP contribution in [0, 0.1) is 5.82 Å². The molecule has 2 N–H and O–H groups in total. The van der Waals surface area contributed by atoms with E-state index in [9.17, 15) is 12.8 Å². The fraction of sp³-hybridized carbons (Fsp3) is 0.500. The third-order valence-corrected chi connectivity index (χ3v) is 5.66. The molecule has 2 unspecified atom stereocenters. The normalized spacial score (nSPS) is 29.5. The molecule has 1 aromatic rings. The Labute approximate surface area is 117 Å². The van der Waals surface area contributed by atoms with Crippen LogP contribution in [0.2, 0.25) is 0 Å². The SMILES string of the molecule is CN1CC2CC(Oc3cc(N)cc(F)c3)CN2S1(=O)=O. The Hall–Kier alpha value is -1.38. The van der Waals surface area contributed by atoms with E-state index in [1.807, 2.05) is 0 Å². The Balaban J connectivity index is 1.73. The number of rotatable bonds is 2. The molecule has 20 heavy (non-hydrogen) atoms. The summed E-state index contributed by atoms with van der Waals surface area (Å²) in [5, 5.41) is 0. The molecule has 110 valence electrons. The molecule has 2 aliphatic heterocycles. The molecular formula is C12H16FN3O3S. The van der Waals surface area contributed by atoms with Gasteiger partial charge in [0.25, 0.3) is 10.2 Å². The van der Waals surface area contributed by atoms with Crippen molar-refractivity contribution in [2.24, 2.45) is 0 Å².